The van der Waals surface area contributed by atoms with E-state index in [0.29, 0.717) is 33.3 Å². The molecule has 148 valence electrons. The molecule has 1 aromatic heterocycles. The minimum absolute atomic E-state index is 0.142. The van der Waals surface area contributed by atoms with Gasteiger partial charge in [0.2, 0.25) is 0 Å². The topological polar surface area (TPSA) is 67.5 Å². The summed E-state index contributed by atoms with van der Waals surface area (Å²) < 4.78 is 35.7. The van der Waals surface area contributed by atoms with Crippen LogP contribution < -0.4 is 4.72 Å². The number of nitrogens with one attached hydrogen (secondary N) is 1. The Bertz CT molecular complexity index is 1160. The van der Waals surface area contributed by atoms with Gasteiger partial charge in [0.1, 0.15) is 0 Å². The summed E-state index contributed by atoms with van der Waals surface area (Å²) in [6.07, 6.45) is 3.56. The molecular formula is C19H20ClN3O3S2. The number of piperidine rings is 1. The highest BCUT2D eigenvalue weighted by Crippen LogP contribution is 2.25. The van der Waals surface area contributed by atoms with Crippen molar-refractivity contribution in [1.29, 1.82) is 0 Å². The lowest BCUT2D eigenvalue weighted by molar-refractivity contribution is 0.181. The van der Waals surface area contributed by atoms with Crippen LogP contribution in [0.25, 0.3) is 11.1 Å². The molecule has 2 heterocycles. The number of halogens is 1. The summed E-state index contributed by atoms with van der Waals surface area (Å²) in [7, 11) is -3.77. The van der Waals surface area contributed by atoms with Gasteiger partial charge < -0.3 is 4.42 Å². The van der Waals surface area contributed by atoms with Gasteiger partial charge in [-0.15, -0.1) is 0 Å². The van der Waals surface area contributed by atoms with Crippen LogP contribution in [0.4, 0.5) is 5.69 Å². The van der Waals surface area contributed by atoms with E-state index in [1.165, 1.54) is 12.5 Å². The second-order valence-electron chi connectivity index (χ2n) is 6.86. The zero-order chi connectivity index (χ0) is 19.7. The number of anilines is 1. The fourth-order valence-electron chi connectivity index (χ4n) is 3.41. The van der Waals surface area contributed by atoms with E-state index < -0.39 is 10.0 Å². The van der Waals surface area contributed by atoms with E-state index in [9.17, 15) is 8.42 Å². The second kappa shape index (κ2) is 7.87. The van der Waals surface area contributed by atoms with E-state index in [1.54, 1.807) is 36.4 Å². The highest BCUT2D eigenvalue weighted by molar-refractivity contribution is 7.92. The minimum Gasteiger partial charge on any atom is -0.429 e. The Labute approximate surface area is 173 Å². The van der Waals surface area contributed by atoms with Crippen molar-refractivity contribution in [3.63, 3.8) is 0 Å². The van der Waals surface area contributed by atoms with Crippen molar-refractivity contribution < 1.29 is 12.8 Å². The van der Waals surface area contributed by atoms with Crippen LogP contribution in [-0.4, -0.2) is 31.0 Å². The molecule has 0 saturated carbocycles. The number of benzene rings is 2. The number of oxazole rings is 1. The Balaban J connectivity index is 1.68. The number of fused-ring (bicyclic) bond motifs is 1. The molecule has 0 bridgehead atoms. The number of sulfonamides is 1. The number of hydrogen-bond acceptors (Lipinski definition) is 5. The van der Waals surface area contributed by atoms with Gasteiger partial charge in [-0.2, -0.15) is 0 Å². The van der Waals surface area contributed by atoms with E-state index in [0.717, 1.165) is 25.9 Å². The van der Waals surface area contributed by atoms with Crippen LogP contribution in [0.3, 0.4) is 0 Å². The summed E-state index contributed by atoms with van der Waals surface area (Å²) in [4.78, 5) is 2.79. The van der Waals surface area contributed by atoms with Crippen molar-refractivity contribution in [2.75, 3.05) is 17.8 Å². The van der Waals surface area contributed by atoms with E-state index >= 15 is 0 Å². The van der Waals surface area contributed by atoms with Crippen LogP contribution in [-0.2, 0) is 16.7 Å². The zero-order valence-electron chi connectivity index (χ0n) is 15.1. The third-order valence-electron chi connectivity index (χ3n) is 4.82. The Hall–Kier alpha value is -1.87. The molecule has 0 spiro atoms. The first-order chi connectivity index (χ1) is 13.4. The molecule has 0 aliphatic carbocycles. The molecule has 0 amide bonds. The van der Waals surface area contributed by atoms with Crippen LogP contribution >= 0.6 is 23.8 Å². The standard InChI is InChI=1S/C19H20ClN3O3S2/c20-14-5-4-6-15(11-14)21-28(24,25)16-7-8-18-17(12-16)23(19(27)26-18)13-22-9-2-1-3-10-22/h4-8,11-12,21H,1-3,9-10,13H2. The maximum absolute atomic E-state index is 12.8. The summed E-state index contributed by atoms with van der Waals surface area (Å²) in [6.45, 7) is 2.60. The predicted octanol–water partition coefficient (Wildman–Crippen LogP) is 4.86. The lowest BCUT2D eigenvalue weighted by atomic mass is 10.1. The first kappa shape index (κ1) is 19.4. The highest BCUT2D eigenvalue weighted by Gasteiger charge is 2.19. The molecule has 3 aromatic rings. The van der Waals surface area contributed by atoms with E-state index in [2.05, 4.69) is 9.62 Å². The molecule has 9 heteroatoms. The lowest BCUT2D eigenvalue weighted by Crippen LogP contribution is -2.31. The SMILES string of the molecule is O=S(=O)(Nc1cccc(Cl)c1)c1ccc2oc(=S)n(CN3CCCCC3)c2c1. The molecule has 0 atom stereocenters. The molecule has 0 radical (unpaired) electrons. The monoisotopic (exact) mass is 437 g/mol. The molecule has 28 heavy (non-hydrogen) atoms. The molecule has 1 N–H and O–H groups in total. The van der Waals surface area contributed by atoms with Crippen molar-refractivity contribution >= 4 is 50.6 Å². The molecule has 6 nitrogen and oxygen atoms in total. The average Bonchev–Trinajstić information content (AvgIpc) is 2.97. The van der Waals surface area contributed by atoms with Crippen molar-refractivity contribution in [1.82, 2.24) is 9.47 Å². The summed E-state index contributed by atoms with van der Waals surface area (Å²) in [5.41, 5.74) is 1.65. The third-order valence-corrected chi connectivity index (χ3v) is 6.73. The van der Waals surface area contributed by atoms with E-state index in [4.69, 9.17) is 28.2 Å². The maximum atomic E-state index is 12.8. The summed E-state index contributed by atoms with van der Waals surface area (Å²) >= 11 is 11.3. The van der Waals surface area contributed by atoms with Gasteiger partial charge in [-0.25, -0.2) is 8.42 Å². The van der Waals surface area contributed by atoms with Crippen LogP contribution in [0.1, 0.15) is 19.3 Å². The van der Waals surface area contributed by atoms with Gasteiger partial charge in [-0.05, 0) is 74.5 Å². The van der Waals surface area contributed by atoms with Crippen molar-refractivity contribution in [3.05, 3.63) is 52.3 Å². The smallest absolute Gasteiger partial charge is 0.270 e. The number of aromatic nitrogens is 1. The van der Waals surface area contributed by atoms with Crippen LogP contribution in [0.5, 0.6) is 0 Å². The second-order valence-corrected chi connectivity index (χ2v) is 9.33. The molecule has 1 aliphatic heterocycles. The molecule has 0 unspecified atom stereocenters. The predicted molar refractivity (Wildman–Crippen MR) is 113 cm³/mol. The fraction of sp³-hybridized carbons (Fsp3) is 0.316. The molecule has 4 rings (SSSR count). The lowest BCUT2D eigenvalue weighted by Gasteiger charge is -2.26. The minimum atomic E-state index is -3.77. The number of hydrogen-bond donors (Lipinski definition) is 1. The third kappa shape index (κ3) is 4.10. The maximum Gasteiger partial charge on any atom is 0.270 e. The highest BCUT2D eigenvalue weighted by atomic mass is 35.5. The van der Waals surface area contributed by atoms with Crippen molar-refractivity contribution in [2.45, 2.75) is 30.8 Å². The Morgan fingerprint density at radius 1 is 1.11 bits per heavy atom. The van der Waals surface area contributed by atoms with E-state index in [-0.39, 0.29) is 4.90 Å². The number of nitrogens with zero attached hydrogens (tertiary/aromatic N) is 2. The van der Waals surface area contributed by atoms with Gasteiger partial charge >= 0.3 is 0 Å². The molecular weight excluding hydrogens is 418 g/mol. The fourth-order valence-corrected chi connectivity index (χ4v) is 4.92. The van der Waals surface area contributed by atoms with Gasteiger partial charge in [0.25, 0.3) is 14.9 Å². The average molecular weight is 438 g/mol. The van der Waals surface area contributed by atoms with Crippen molar-refractivity contribution in [3.8, 4) is 0 Å². The summed E-state index contributed by atoms with van der Waals surface area (Å²) in [6, 6.07) is 11.3. The molecule has 1 fully saturated rings. The molecule has 1 aliphatic rings. The first-order valence-electron chi connectivity index (χ1n) is 9.06. The summed E-state index contributed by atoms with van der Waals surface area (Å²) in [5, 5.41) is 0.459. The Morgan fingerprint density at radius 2 is 1.89 bits per heavy atom. The van der Waals surface area contributed by atoms with Gasteiger partial charge in [-0.3, -0.25) is 14.2 Å². The van der Waals surface area contributed by atoms with Gasteiger partial charge in [0.05, 0.1) is 22.8 Å². The zero-order valence-corrected chi connectivity index (χ0v) is 17.5. The summed E-state index contributed by atoms with van der Waals surface area (Å²) in [5.74, 6) is 0. The Morgan fingerprint density at radius 3 is 2.64 bits per heavy atom. The van der Waals surface area contributed by atoms with Gasteiger partial charge in [0, 0.05) is 5.02 Å². The van der Waals surface area contributed by atoms with Crippen LogP contribution in [0.15, 0.2) is 51.8 Å². The normalized spacial score (nSPS) is 15.8. The van der Waals surface area contributed by atoms with E-state index in [1.807, 2.05) is 4.57 Å². The van der Waals surface area contributed by atoms with Gasteiger partial charge in [0.15, 0.2) is 5.58 Å². The number of likely N-dealkylation sites (tertiary alicyclic amines) is 1. The van der Waals surface area contributed by atoms with Crippen LogP contribution in [0, 0.1) is 4.84 Å². The number of rotatable bonds is 5. The van der Waals surface area contributed by atoms with Crippen molar-refractivity contribution in [2.24, 2.45) is 0 Å². The van der Waals surface area contributed by atoms with Crippen LogP contribution in [0.2, 0.25) is 5.02 Å². The Kier molecular flexibility index (Phi) is 5.46. The molecule has 2 aromatic carbocycles. The van der Waals surface area contributed by atoms with Gasteiger partial charge in [-0.1, -0.05) is 24.1 Å². The first-order valence-corrected chi connectivity index (χ1v) is 11.3. The largest absolute Gasteiger partial charge is 0.429 e. The molecule has 1 saturated heterocycles. The quantitative estimate of drug-likeness (QED) is 0.577.